The second-order valence-corrected chi connectivity index (χ2v) is 7.69. The number of pyridine rings is 1. The Morgan fingerprint density at radius 3 is 2.65 bits per heavy atom. The lowest BCUT2D eigenvalue weighted by Gasteiger charge is -2.06. The van der Waals surface area contributed by atoms with Crippen molar-refractivity contribution in [1.29, 1.82) is 0 Å². The molecule has 9 heteroatoms. The zero-order valence-corrected chi connectivity index (χ0v) is 15.0. The third-order valence-corrected chi connectivity index (χ3v) is 5.60. The van der Waals surface area contributed by atoms with Crippen LogP contribution in [0.25, 0.3) is 5.65 Å². The molecule has 0 fully saturated rings. The molecule has 0 radical (unpaired) electrons. The van der Waals surface area contributed by atoms with Crippen LogP contribution >= 0.6 is 11.6 Å². The topological polar surface area (TPSA) is 81.3 Å². The quantitative estimate of drug-likeness (QED) is 0.570. The predicted octanol–water partition coefficient (Wildman–Crippen LogP) is 3.03. The van der Waals surface area contributed by atoms with Crippen molar-refractivity contribution in [1.82, 2.24) is 19.2 Å². The van der Waals surface area contributed by atoms with Gasteiger partial charge in [0.05, 0.1) is 17.3 Å². The van der Waals surface area contributed by atoms with Gasteiger partial charge in [-0.05, 0) is 24.3 Å². The summed E-state index contributed by atoms with van der Waals surface area (Å²) in [4.78, 5) is 4.51. The number of nitrogens with zero attached hydrogens (tertiary/aromatic N) is 4. The zero-order valence-electron chi connectivity index (χ0n) is 13.4. The molecule has 0 amide bonds. The van der Waals surface area contributed by atoms with E-state index in [-0.39, 0.29) is 15.7 Å². The van der Waals surface area contributed by atoms with Crippen molar-refractivity contribution in [3.63, 3.8) is 0 Å². The highest BCUT2D eigenvalue weighted by Gasteiger charge is 2.18. The van der Waals surface area contributed by atoms with Crippen molar-refractivity contribution in [2.75, 3.05) is 4.72 Å². The Balaban J connectivity index is 1.53. The monoisotopic (exact) mass is 387 g/mol. The van der Waals surface area contributed by atoms with Gasteiger partial charge >= 0.3 is 0 Å². The highest BCUT2D eigenvalue weighted by molar-refractivity contribution is 7.92. The maximum Gasteiger partial charge on any atom is 0.264 e. The maximum atomic E-state index is 12.4. The average molecular weight is 388 g/mol. The zero-order chi connectivity index (χ0) is 18.1. The Kier molecular flexibility index (Phi) is 4.14. The number of benzene rings is 1. The Morgan fingerprint density at radius 2 is 1.85 bits per heavy atom. The van der Waals surface area contributed by atoms with Gasteiger partial charge in [0, 0.05) is 24.7 Å². The smallest absolute Gasteiger partial charge is 0.264 e. The molecule has 0 saturated carbocycles. The molecule has 1 N–H and O–H groups in total. The number of imidazole rings is 1. The minimum absolute atomic E-state index is 0.0107. The van der Waals surface area contributed by atoms with E-state index in [4.69, 9.17) is 11.6 Å². The van der Waals surface area contributed by atoms with Crippen LogP contribution in [0.15, 0.2) is 72.0 Å². The second-order valence-electron chi connectivity index (χ2n) is 5.63. The summed E-state index contributed by atoms with van der Waals surface area (Å²) in [7, 11) is -3.80. The van der Waals surface area contributed by atoms with E-state index in [0.29, 0.717) is 6.54 Å². The van der Waals surface area contributed by atoms with Crippen LogP contribution in [0.4, 0.5) is 5.82 Å². The standard InChI is InChI=1S/C17H14ClN5O2S/c18-14-5-1-2-6-15(14)26(24,25)21-16-8-10-23(20-16)12-13-11-22-9-4-3-7-17(22)19-13/h1-11H,12H2,(H,20,21). The van der Waals surface area contributed by atoms with Crippen molar-refractivity contribution < 1.29 is 8.42 Å². The fourth-order valence-corrected chi connectivity index (χ4v) is 4.11. The minimum atomic E-state index is -3.80. The van der Waals surface area contributed by atoms with E-state index in [2.05, 4.69) is 14.8 Å². The van der Waals surface area contributed by atoms with Gasteiger partial charge in [-0.3, -0.25) is 9.40 Å². The number of nitrogens with one attached hydrogen (secondary N) is 1. The summed E-state index contributed by atoms with van der Waals surface area (Å²) in [6.45, 7) is 0.426. The van der Waals surface area contributed by atoms with Gasteiger partial charge in [0.15, 0.2) is 5.82 Å². The van der Waals surface area contributed by atoms with E-state index in [1.54, 1.807) is 29.1 Å². The normalized spacial score (nSPS) is 11.7. The lowest BCUT2D eigenvalue weighted by Crippen LogP contribution is -2.14. The molecule has 0 unspecified atom stereocenters. The molecule has 0 atom stereocenters. The maximum absolute atomic E-state index is 12.4. The van der Waals surface area contributed by atoms with Gasteiger partial charge < -0.3 is 4.40 Å². The van der Waals surface area contributed by atoms with Gasteiger partial charge in [0.2, 0.25) is 0 Å². The summed E-state index contributed by atoms with van der Waals surface area (Å²) in [5, 5.41) is 4.41. The predicted molar refractivity (Wildman–Crippen MR) is 98.8 cm³/mol. The molecule has 4 aromatic rings. The fourth-order valence-electron chi connectivity index (χ4n) is 2.59. The van der Waals surface area contributed by atoms with Crippen LogP contribution < -0.4 is 4.72 Å². The van der Waals surface area contributed by atoms with Crippen LogP contribution in [0, 0.1) is 0 Å². The Hall–Kier alpha value is -2.84. The van der Waals surface area contributed by atoms with Crippen molar-refractivity contribution in [2.45, 2.75) is 11.4 Å². The number of halogens is 1. The summed E-state index contributed by atoms with van der Waals surface area (Å²) in [5.74, 6) is 0.216. The van der Waals surface area contributed by atoms with Gasteiger partial charge in [0.1, 0.15) is 10.5 Å². The van der Waals surface area contributed by atoms with Crippen molar-refractivity contribution in [2.24, 2.45) is 0 Å². The molecule has 0 saturated heterocycles. The number of sulfonamides is 1. The Morgan fingerprint density at radius 1 is 1.04 bits per heavy atom. The number of hydrogen-bond acceptors (Lipinski definition) is 4. The highest BCUT2D eigenvalue weighted by Crippen LogP contribution is 2.22. The van der Waals surface area contributed by atoms with Crippen LogP contribution in [-0.4, -0.2) is 27.6 Å². The van der Waals surface area contributed by atoms with Gasteiger partial charge in [-0.1, -0.05) is 29.8 Å². The molecule has 132 valence electrons. The molecule has 7 nitrogen and oxygen atoms in total. The summed E-state index contributed by atoms with van der Waals surface area (Å²) in [6, 6.07) is 13.6. The third kappa shape index (κ3) is 3.29. The molecule has 1 aromatic carbocycles. The largest absolute Gasteiger partial charge is 0.307 e. The molecule has 0 aliphatic carbocycles. The van der Waals surface area contributed by atoms with E-state index in [1.807, 2.05) is 35.0 Å². The first-order chi connectivity index (χ1) is 12.5. The summed E-state index contributed by atoms with van der Waals surface area (Å²) < 4.78 is 30.9. The van der Waals surface area contributed by atoms with Gasteiger partial charge in [-0.15, -0.1) is 0 Å². The molecule has 26 heavy (non-hydrogen) atoms. The first-order valence-electron chi connectivity index (χ1n) is 7.75. The molecular weight excluding hydrogens is 374 g/mol. The number of anilines is 1. The first kappa shape index (κ1) is 16.6. The first-order valence-corrected chi connectivity index (χ1v) is 9.61. The molecule has 3 heterocycles. The Labute approximate surface area is 154 Å². The molecule has 4 rings (SSSR count). The second kappa shape index (κ2) is 6.47. The van der Waals surface area contributed by atoms with Crippen molar-refractivity contribution in [3.8, 4) is 0 Å². The van der Waals surface area contributed by atoms with E-state index in [1.165, 1.54) is 12.1 Å². The highest BCUT2D eigenvalue weighted by atomic mass is 35.5. The van der Waals surface area contributed by atoms with E-state index >= 15 is 0 Å². The van der Waals surface area contributed by atoms with E-state index < -0.39 is 10.0 Å². The van der Waals surface area contributed by atoms with Crippen molar-refractivity contribution in [3.05, 3.63) is 77.8 Å². The van der Waals surface area contributed by atoms with Crippen LogP contribution in [-0.2, 0) is 16.6 Å². The Bertz CT molecular complexity index is 1150. The van der Waals surface area contributed by atoms with Crippen molar-refractivity contribution >= 4 is 33.1 Å². The minimum Gasteiger partial charge on any atom is -0.307 e. The van der Waals surface area contributed by atoms with E-state index in [9.17, 15) is 8.42 Å². The average Bonchev–Trinajstić information content (AvgIpc) is 3.21. The summed E-state index contributed by atoms with van der Waals surface area (Å²) >= 11 is 5.97. The molecule has 3 aromatic heterocycles. The number of fused-ring (bicyclic) bond motifs is 1. The number of hydrogen-bond donors (Lipinski definition) is 1. The third-order valence-electron chi connectivity index (χ3n) is 3.74. The lowest BCUT2D eigenvalue weighted by atomic mass is 10.4. The SMILES string of the molecule is O=S(=O)(Nc1ccn(Cc2cn3ccccc3n2)n1)c1ccccc1Cl. The molecular formula is C17H14ClN5O2S. The molecule has 0 spiro atoms. The fraction of sp³-hybridized carbons (Fsp3) is 0.0588. The summed E-state index contributed by atoms with van der Waals surface area (Å²) in [6.07, 6.45) is 5.51. The van der Waals surface area contributed by atoms with Gasteiger partial charge in [-0.2, -0.15) is 5.10 Å². The van der Waals surface area contributed by atoms with E-state index in [0.717, 1.165) is 11.3 Å². The van der Waals surface area contributed by atoms with Crippen LogP contribution in [0.1, 0.15) is 5.69 Å². The molecule has 0 aliphatic heterocycles. The number of rotatable bonds is 5. The lowest BCUT2D eigenvalue weighted by molar-refractivity contribution is 0.600. The van der Waals surface area contributed by atoms with Crippen LogP contribution in [0.2, 0.25) is 5.02 Å². The van der Waals surface area contributed by atoms with Gasteiger partial charge in [-0.25, -0.2) is 13.4 Å². The summed E-state index contributed by atoms with van der Waals surface area (Å²) in [5.41, 5.74) is 1.66. The molecule has 0 bridgehead atoms. The van der Waals surface area contributed by atoms with Crippen LogP contribution in [0.3, 0.4) is 0 Å². The van der Waals surface area contributed by atoms with Gasteiger partial charge in [0.25, 0.3) is 10.0 Å². The number of aromatic nitrogens is 4. The molecule has 0 aliphatic rings. The van der Waals surface area contributed by atoms with Crippen LogP contribution in [0.5, 0.6) is 0 Å².